The lowest BCUT2D eigenvalue weighted by Crippen LogP contribution is -2.46. The monoisotopic (exact) mass is 298 g/mol. The van der Waals surface area contributed by atoms with Crippen LogP contribution in [0.4, 0.5) is 4.39 Å². The normalized spacial score (nSPS) is 16.1. The molecule has 1 N–H and O–H groups in total. The number of likely N-dealkylation sites (tertiary alicyclic amines) is 1. The van der Waals surface area contributed by atoms with Gasteiger partial charge < -0.3 is 10.2 Å². The van der Waals surface area contributed by atoms with Crippen molar-refractivity contribution in [2.75, 3.05) is 13.1 Å². The fourth-order valence-corrected chi connectivity index (χ4v) is 2.51. The number of nitrogens with one attached hydrogen (secondary N) is 1. The smallest absolute Gasteiger partial charge is 0.256 e. The number of halogens is 2. The Hall–Kier alpha value is -1.62. The molecule has 1 fully saturated rings. The van der Waals surface area contributed by atoms with Crippen LogP contribution in [-0.4, -0.2) is 35.8 Å². The number of amides is 2. The Morgan fingerprint density at radius 3 is 2.60 bits per heavy atom. The molecule has 1 aromatic carbocycles. The molecular formula is C14H16ClFN2O2. The van der Waals surface area contributed by atoms with E-state index in [4.69, 9.17) is 11.6 Å². The van der Waals surface area contributed by atoms with Crippen molar-refractivity contribution in [3.63, 3.8) is 0 Å². The quantitative estimate of drug-likeness (QED) is 0.930. The molecule has 6 heteroatoms. The standard InChI is InChI=1S/C14H16ClFN2O2/c1-9(14(20)18-7-2-3-8-18)17-13(19)12-10(15)5-4-6-11(12)16/h4-6,9H,2-3,7-8H2,1H3,(H,17,19)/t9-/m1/s1. The molecule has 0 aliphatic carbocycles. The molecule has 4 nitrogen and oxygen atoms in total. The van der Waals surface area contributed by atoms with E-state index >= 15 is 0 Å². The number of benzene rings is 1. The van der Waals surface area contributed by atoms with E-state index in [2.05, 4.69) is 5.32 Å². The van der Waals surface area contributed by atoms with E-state index in [-0.39, 0.29) is 16.5 Å². The Morgan fingerprint density at radius 2 is 2.00 bits per heavy atom. The first-order chi connectivity index (χ1) is 9.50. The third kappa shape index (κ3) is 3.10. The maximum atomic E-state index is 13.6. The van der Waals surface area contributed by atoms with E-state index in [0.29, 0.717) is 13.1 Å². The second kappa shape index (κ2) is 6.22. The van der Waals surface area contributed by atoms with E-state index in [9.17, 15) is 14.0 Å². The SMILES string of the molecule is C[C@@H](NC(=O)c1c(F)cccc1Cl)C(=O)N1CCCC1. The molecule has 1 saturated heterocycles. The summed E-state index contributed by atoms with van der Waals surface area (Å²) in [6.07, 6.45) is 1.96. The summed E-state index contributed by atoms with van der Waals surface area (Å²) in [6, 6.07) is 3.32. The van der Waals surface area contributed by atoms with Crippen LogP contribution in [0.25, 0.3) is 0 Å². The van der Waals surface area contributed by atoms with Crippen LogP contribution in [-0.2, 0) is 4.79 Å². The number of carbonyl (C=O) groups is 2. The van der Waals surface area contributed by atoms with Gasteiger partial charge in [-0.3, -0.25) is 9.59 Å². The fourth-order valence-electron chi connectivity index (χ4n) is 2.26. The summed E-state index contributed by atoms with van der Waals surface area (Å²) < 4.78 is 13.6. The van der Waals surface area contributed by atoms with Gasteiger partial charge in [-0.25, -0.2) is 4.39 Å². The van der Waals surface area contributed by atoms with Crippen molar-refractivity contribution in [2.24, 2.45) is 0 Å². The van der Waals surface area contributed by atoms with Crippen molar-refractivity contribution in [2.45, 2.75) is 25.8 Å². The van der Waals surface area contributed by atoms with Crippen LogP contribution in [0.2, 0.25) is 5.02 Å². The zero-order valence-electron chi connectivity index (χ0n) is 11.2. The van der Waals surface area contributed by atoms with E-state index in [1.807, 2.05) is 0 Å². The molecule has 0 spiro atoms. The summed E-state index contributed by atoms with van der Waals surface area (Å²) in [5, 5.41) is 2.53. The Bertz CT molecular complexity index is 510. The van der Waals surface area contributed by atoms with Crippen LogP contribution in [0, 0.1) is 5.82 Å². The van der Waals surface area contributed by atoms with Gasteiger partial charge in [0.15, 0.2) is 0 Å². The maximum Gasteiger partial charge on any atom is 0.256 e. The zero-order valence-corrected chi connectivity index (χ0v) is 11.9. The molecule has 1 aliphatic rings. The van der Waals surface area contributed by atoms with Gasteiger partial charge in [-0.15, -0.1) is 0 Å². The van der Waals surface area contributed by atoms with Gasteiger partial charge in [0.2, 0.25) is 5.91 Å². The lowest BCUT2D eigenvalue weighted by molar-refractivity contribution is -0.131. The van der Waals surface area contributed by atoms with Gasteiger partial charge in [0.25, 0.3) is 5.91 Å². The van der Waals surface area contributed by atoms with Gasteiger partial charge in [-0.2, -0.15) is 0 Å². The maximum absolute atomic E-state index is 13.6. The first kappa shape index (κ1) is 14.8. The molecule has 1 aromatic rings. The van der Waals surface area contributed by atoms with Crippen molar-refractivity contribution in [1.29, 1.82) is 0 Å². The van der Waals surface area contributed by atoms with Gasteiger partial charge in [0.1, 0.15) is 11.9 Å². The average molecular weight is 299 g/mol. The van der Waals surface area contributed by atoms with E-state index < -0.39 is 17.8 Å². The molecule has 0 aromatic heterocycles. The first-order valence-corrected chi connectivity index (χ1v) is 6.92. The molecule has 1 aliphatic heterocycles. The zero-order chi connectivity index (χ0) is 14.7. The molecule has 1 heterocycles. The van der Waals surface area contributed by atoms with E-state index in [1.54, 1.807) is 11.8 Å². The van der Waals surface area contributed by atoms with Crippen LogP contribution in [0.5, 0.6) is 0 Å². The van der Waals surface area contributed by atoms with Crippen molar-refractivity contribution < 1.29 is 14.0 Å². The first-order valence-electron chi connectivity index (χ1n) is 6.54. The molecule has 0 saturated carbocycles. The molecule has 2 rings (SSSR count). The van der Waals surface area contributed by atoms with Crippen LogP contribution in [0.1, 0.15) is 30.1 Å². The van der Waals surface area contributed by atoms with Gasteiger partial charge in [0.05, 0.1) is 10.6 Å². The van der Waals surface area contributed by atoms with Crippen molar-refractivity contribution in [3.8, 4) is 0 Å². The highest BCUT2D eigenvalue weighted by atomic mass is 35.5. The number of nitrogens with zero attached hydrogens (tertiary/aromatic N) is 1. The molecule has 108 valence electrons. The summed E-state index contributed by atoms with van der Waals surface area (Å²) in [4.78, 5) is 25.8. The van der Waals surface area contributed by atoms with Crippen molar-refractivity contribution in [3.05, 3.63) is 34.6 Å². The largest absolute Gasteiger partial charge is 0.341 e. The van der Waals surface area contributed by atoms with E-state index in [0.717, 1.165) is 18.9 Å². The summed E-state index contributed by atoms with van der Waals surface area (Å²) in [6.45, 7) is 3.01. The summed E-state index contributed by atoms with van der Waals surface area (Å²) >= 11 is 5.82. The number of hydrogen-bond acceptors (Lipinski definition) is 2. The lowest BCUT2D eigenvalue weighted by Gasteiger charge is -2.21. The highest BCUT2D eigenvalue weighted by molar-refractivity contribution is 6.33. The number of rotatable bonds is 3. The average Bonchev–Trinajstić information content (AvgIpc) is 2.91. The third-order valence-corrected chi connectivity index (χ3v) is 3.64. The molecule has 0 bridgehead atoms. The minimum absolute atomic E-state index is 0.0309. The molecule has 20 heavy (non-hydrogen) atoms. The van der Waals surface area contributed by atoms with Crippen LogP contribution in [0.3, 0.4) is 0 Å². The minimum Gasteiger partial charge on any atom is -0.341 e. The van der Waals surface area contributed by atoms with Gasteiger partial charge >= 0.3 is 0 Å². The Labute approximate surface area is 121 Å². The summed E-state index contributed by atoms with van der Waals surface area (Å²) in [7, 11) is 0. The Morgan fingerprint density at radius 1 is 1.35 bits per heavy atom. The van der Waals surface area contributed by atoms with Crippen LogP contribution >= 0.6 is 11.6 Å². The van der Waals surface area contributed by atoms with Crippen LogP contribution < -0.4 is 5.32 Å². The summed E-state index contributed by atoms with van der Waals surface area (Å²) in [5.74, 6) is -1.52. The Kier molecular flexibility index (Phi) is 4.60. The number of carbonyl (C=O) groups excluding carboxylic acids is 2. The highest BCUT2D eigenvalue weighted by Crippen LogP contribution is 2.19. The topological polar surface area (TPSA) is 49.4 Å². The molecular weight excluding hydrogens is 283 g/mol. The molecule has 2 amide bonds. The summed E-state index contributed by atoms with van der Waals surface area (Å²) in [5.41, 5.74) is -0.227. The lowest BCUT2D eigenvalue weighted by atomic mass is 10.1. The van der Waals surface area contributed by atoms with Gasteiger partial charge in [-0.1, -0.05) is 17.7 Å². The van der Waals surface area contributed by atoms with Crippen molar-refractivity contribution >= 4 is 23.4 Å². The molecule has 0 radical (unpaired) electrons. The third-order valence-electron chi connectivity index (χ3n) is 3.33. The highest BCUT2D eigenvalue weighted by Gasteiger charge is 2.26. The minimum atomic E-state index is -0.698. The van der Waals surface area contributed by atoms with Crippen molar-refractivity contribution in [1.82, 2.24) is 10.2 Å². The molecule has 1 atom stereocenters. The molecule has 0 unspecified atom stereocenters. The van der Waals surface area contributed by atoms with Crippen LogP contribution in [0.15, 0.2) is 18.2 Å². The van der Waals surface area contributed by atoms with Gasteiger partial charge in [0, 0.05) is 13.1 Å². The fraction of sp³-hybridized carbons (Fsp3) is 0.429. The second-order valence-electron chi connectivity index (χ2n) is 4.82. The predicted octanol–water partition coefficient (Wildman–Crippen LogP) is 2.22. The second-order valence-corrected chi connectivity index (χ2v) is 5.23. The predicted molar refractivity (Wildman–Crippen MR) is 74.2 cm³/mol. The number of hydrogen-bond donors (Lipinski definition) is 1. The van der Waals surface area contributed by atoms with E-state index in [1.165, 1.54) is 12.1 Å². The van der Waals surface area contributed by atoms with Gasteiger partial charge in [-0.05, 0) is 31.9 Å². The Balaban J connectivity index is 2.05.